The molecule has 84 heavy (non-hydrogen) atoms. The highest BCUT2D eigenvalue weighted by Crippen LogP contribution is 2.35. The zero-order valence-corrected chi connectivity index (χ0v) is 50.8. The number of carbonyl (C=O) groups excluding carboxylic acids is 4. The molecular weight excluding hydrogens is 1080 g/mol. The van der Waals surface area contributed by atoms with Gasteiger partial charge in [-0.15, -0.1) is 11.3 Å². The first-order valence-corrected chi connectivity index (χ1v) is 30.4. The summed E-state index contributed by atoms with van der Waals surface area (Å²) in [4.78, 5) is 70.0. The Morgan fingerprint density at radius 1 is 0.821 bits per heavy atom. The minimum Gasteiger partial charge on any atom is -0.494 e. The van der Waals surface area contributed by atoms with Gasteiger partial charge in [-0.3, -0.25) is 30.0 Å². The Morgan fingerprint density at radius 3 is 2.18 bits per heavy atom. The number of amides is 3. The fourth-order valence-electron chi connectivity index (χ4n) is 9.87. The van der Waals surface area contributed by atoms with Crippen molar-refractivity contribution in [2.45, 2.75) is 136 Å². The third-order valence-electron chi connectivity index (χ3n) is 14.9. The van der Waals surface area contributed by atoms with Gasteiger partial charge in [-0.2, -0.15) is 0 Å². The molecule has 1 fully saturated rings. The SMILES string of the molecule is Cc1ncsc1-c1ccc(CNC(=O)[C@@H]2C[C@@H](O)CN2C(=O)[C@@H](CCCC(=O)CCCCCOCCOCCOCCCCCCOc2cccc(C(C)NC(=O)c3cccc(NCC(=N)N(C)C(=N)c4ccncn4)c3)c2)C(C)(C)C)cc1. The molecule has 0 radical (unpaired) electrons. The molecule has 3 amide bonds. The van der Waals surface area contributed by atoms with Gasteiger partial charge < -0.3 is 49.8 Å². The molecule has 2 aromatic heterocycles. The maximum Gasteiger partial charge on any atom is 0.251 e. The Morgan fingerprint density at radius 2 is 1.50 bits per heavy atom. The number of Topliss-reactive ketones (excluding diaryl/α,β-unsaturated/α-hetero) is 1. The maximum atomic E-state index is 14.1. The van der Waals surface area contributed by atoms with Crippen LogP contribution in [0.4, 0.5) is 5.69 Å². The number of likely N-dealkylation sites (tertiary alicyclic amines) is 1. The Labute approximate surface area is 500 Å². The van der Waals surface area contributed by atoms with E-state index in [4.69, 9.17) is 29.8 Å². The van der Waals surface area contributed by atoms with Gasteiger partial charge in [-0.1, -0.05) is 76.1 Å². The molecule has 3 heterocycles. The predicted molar refractivity (Wildman–Crippen MR) is 329 cm³/mol. The Balaban J connectivity index is 0.727. The molecule has 1 saturated heterocycles. The van der Waals surface area contributed by atoms with Crippen LogP contribution >= 0.6 is 11.3 Å². The third-order valence-corrected chi connectivity index (χ3v) is 15.9. The number of unbranched alkanes of at least 4 members (excludes halogenated alkanes) is 5. The highest BCUT2D eigenvalue weighted by atomic mass is 32.1. The number of nitrogens with one attached hydrogen (secondary N) is 5. The number of aliphatic hydroxyl groups is 1. The van der Waals surface area contributed by atoms with Gasteiger partial charge in [-0.05, 0) is 117 Å². The molecule has 0 saturated carbocycles. The number of β-amino-alcohol motifs (C(OH)–C–C–N with tert-alkyl or cyclic N) is 1. The van der Waals surface area contributed by atoms with E-state index < -0.39 is 23.5 Å². The molecule has 6 rings (SSSR count). The van der Waals surface area contributed by atoms with E-state index in [2.05, 4.69) is 30.9 Å². The minimum absolute atomic E-state index is 0.0839. The van der Waals surface area contributed by atoms with Crippen LogP contribution < -0.4 is 20.7 Å². The monoisotopic (exact) mass is 1170 g/mol. The van der Waals surface area contributed by atoms with Crippen LogP contribution in [0.15, 0.2) is 96.9 Å². The van der Waals surface area contributed by atoms with E-state index in [1.165, 1.54) is 11.2 Å². The molecular formula is C64H88N10O9S. The highest BCUT2D eigenvalue weighted by molar-refractivity contribution is 7.13. The molecule has 6 N–H and O–H groups in total. The average Bonchev–Trinajstić information content (AvgIpc) is 3.72. The summed E-state index contributed by atoms with van der Waals surface area (Å²) in [5.41, 5.74) is 6.93. The van der Waals surface area contributed by atoms with Crippen LogP contribution in [0.1, 0.15) is 144 Å². The predicted octanol–water partition coefficient (Wildman–Crippen LogP) is 9.98. The third kappa shape index (κ3) is 21.9. The number of aliphatic hydroxyl groups excluding tert-OH is 1. The Bertz CT molecular complexity index is 2860. The number of nitrogens with zero attached hydrogens (tertiary/aromatic N) is 5. The average molecular weight is 1170 g/mol. The molecule has 1 aliphatic heterocycles. The molecule has 1 aliphatic rings. The summed E-state index contributed by atoms with van der Waals surface area (Å²) in [6.07, 6.45) is 10.8. The summed E-state index contributed by atoms with van der Waals surface area (Å²) in [6, 6.07) is 23.5. The number of likely N-dealkylation sites (N-methyl/N-ethyl adjacent to an activating group) is 1. The van der Waals surface area contributed by atoms with E-state index in [0.717, 1.165) is 78.0 Å². The molecule has 0 bridgehead atoms. The number of rotatable bonds is 36. The van der Waals surface area contributed by atoms with Crippen molar-refractivity contribution >= 4 is 52.2 Å². The lowest BCUT2D eigenvalue weighted by atomic mass is 9.76. The number of benzene rings is 3. The lowest BCUT2D eigenvalue weighted by Gasteiger charge is -2.35. The number of ketones is 1. The second-order valence-electron chi connectivity index (χ2n) is 22.5. The second-order valence-corrected chi connectivity index (χ2v) is 23.3. The number of ether oxygens (including phenoxy) is 4. The fraction of sp³-hybridized carbons (Fsp3) is 0.516. The van der Waals surface area contributed by atoms with Crippen molar-refractivity contribution in [1.29, 1.82) is 10.8 Å². The number of thiazole rings is 1. The van der Waals surface area contributed by atoms with Gasteiger partial charge >= 0.3 is 0 Å². The van der Waals surface area contributed by atoms with Crippen molar-refractivity contribution in [2.75, 3.05) is 71.7 Å². The minimum atomic E-state index is -0.776. The maximum absolute atomic E-state index is 14.1. The van der Waals surface area contributed by atoms with Crippen molar-refractivity contribution in [3.8, 4) is 16.2 Å². The van der Waals surface area contributed by atoms with Crippen LogP contribution in [0, 0.1) is 29.1 Å². The van der Waals surface area contributed by atoms with Crippen LogP contribution in [-0.4, -0.2) is 144 Å². The van der Waals surface area contributed by atoms with Gasteiger partial charge in [0.25, 0.3) is 5.91 Å². The fourth-order valence-corrected chi connectivity index (χ4v) is 10.7. The summed E-state index contributed by atoms with van der Waals surface area (Å²) < 4.78 is 23.2. The van der Waals surface area contributed by atoms with Gasteiger partial charge in [0, 0.05) is 76.0 Å². The van der Waals surface area contributed by atoms with Crippen molar-refractivity contribution < 1.29 is 43.2 Å². The lowest BCUT2D eigenvalue weighted by molar-refractivity contribution is -0.145. The number of hydrogen-bond acceptors (Lipinski definition) is 16. The van der Waals surface area contributed by atoms with Gasteiger partial charge in [0.2, 0.25) is 11.8 Å². The molecule has 19 nitrogen and oxygen atoms in total. The molecule has 5 aromatic rings. The Hall–Kier alpha value is -6.97. The van der Waals surface area contributed by atoms with Crippen LogP contribution in [0.5, 0.6) is 5.75 Å². The molecule has 20 heteroatoms. The largest absolute Gasteiger partial charge is 0.494 e. The van der Waals surface area contributed by atoms with Crippen molar-refractivity contribution in [2.24, 2.45) is 11.3 Å². The molecule has 0 aliphatic carbocycles. The first-order valence-electron chi connectivity index (χ1n) is 29.5. The zero-order chi connectivity index (χ0) is 60.3. The zero-order valence-electron chi connectivity index (χ0n) is 50.0. The van der Waals surface area contributed by atoms with E-state index >= 15 is 0 Å². The van der Waals surface area contributed by atoms with Gasteiger partial charge in [0.1, 0.15) is 35.4 Å². The molecule has 1 unspecified atom stereocenters. The number of hydrogen-bond donors (Lipinski definition) is 6. The number of aryl methyl sites for hydroxylation is 1. The van der Waals surface area contributed by atoms with E-state index in [1.807, 2.05) is 94.7 Å². The van der Waals surface area contributed by atoms with E-state index in [-0.39, 0.29) is 60.7 Å². The van der Waals surface area contributed by atoms with E-state index in [0.29, 0.717) is 95.4 Å². The molecule has 454 valence electrons. The lowest BCUT2D eigenvalue weighted by Crippen LogP contribution is -2.49. The summed E-state index contributed by atoms with van der Waals surface area (Å²) in [5, 5.41) is 36.6. The summed E-state index contributed by atoms with van der Waals surface area (Å²) in [7, 11) is 1.64. The first kappa shape index (κ1) is 66.2. The van der Waals surface area contributed by atoms with Gasteiger partial charge in [0.15, 0.2) is 5.84 Å². The van der Waals surface area contributed by atoms with Crippen LogP contribution in [-0.2, 0) is 35.1 Å². The quantitative estimate of drug-likeness (QED) is 0.0124. The van der Waals surface area contributed by atoms with E-state index in [1.54, 1.807) is 53.7 Å². The van der Waals surface area contributed by atoms with Crippen molar-refractivity contribution in [3.63, 3.8) is 0 Å². The summed E-state index contributed by atoms with van der Waals surface area (Å²) >= 11 is 1.59. The van der Waals surface area contributed by atoms with Crippen LogP contribution in [0.25, 0.3) is 10.4 Å². The molecule has 3 aromatic carbocycles. The van der Waals surface area contributed by atoms with Crippen molar-refractivity contribution in [3.05, 3.63) is 125 Å². The standard InChI is InChI=1S/C64H88N10O9S/c1-45(72-61(77)50-18-14-19-51(37-50)68-41-58(65)73(6)60(66)56-28-29-67-43-70-56)49-17-15-22-54(38-49)83-32-13-8-7-11-30-80-33-35-82-36-34-81-31-12-9-10-20-52(75)21-16-23-55(64(3,4)5)63(79)74-42-53(76)39-57(74)62(78)69-40-47-24-26-48(27-25-47)59-46(2)71-44-84-59/h14-15,17-19,22,24-29,37-38,43-45,53,55,57,65-66,68,76H,7-13,16,20-21,23,30-36,39-42H2,1-6H3,(H,69,78)(H,72,77)/t45?,53-,55-,57+/m1/s1. The first-order chi connectivity index (χ1) is 40.5. The smallest absolute Gasteiger partial charge is 0.251 e. The number of amidine groups is 2. The summed E-state index contributed by atoms with van der Waals surface area (Å²) in [5.74, 6) is 0.140. The van der Waals surface area contributed by atoms with Gasteiger partial charge in [-0.25, -0.2) is 15.0 Å². The van der Waals surface area contributed by atoms with Crippen LogP contribution in [0.2, 0.25) is 0 Å². The normalized spacial score (nSPS) is 14.8. The number of anilines is 1. The second kappa shape index (κ2) is 34.7. The van der Waals surface area contributed by atoms with Crippen molar-refractivity contribution in [1.82, 2.24) is 35.4 Å². The molecule has 0 spiro atoms. The Kier molecular flexibility index (Phi) is 27.4. The van der Waals surface area contributed by atoms with E-state index in [9.17, 15) is 24.3 Å². The van der Waals surface area contributed by atoms with Gasteiger partial charge in [0.05, 0.1) is 67.8 Å². The topological polar surface area (TPSA) is 254 Å². The highest BCUT2D eigenvalue weighted by Gasteiger charge is 2.43. The van der Waals surface area contributed by atoms with Crippen LogP contribution in [0.3, 0.4) is 0 Å². The number of aromatic nitrogens is 3. The number of carbonyl (C=O) groups is 4. The summed E-state index contributed by atoms with van der Waals surface area (Å²) in [6.45, 7) is 14.4. The molecule has 4 atom stereocenters.